The van der Waals surface area contributed by atoms with Gasteiger partial charge < -0.3 is 14.5 Å². The molecule has 1 aliphatic rings. The van der Waals surface area contributed by atoms with Crippen molar-refractivity contribution in [3.63, 3.8) is 0 Å². The van der Waals surface area contributed by atoms with Gasteiger partial charge in [0.25, 0.3) is 11.8 Å². The number of hydrogen-bond donors (Lipinski definition) is 1. The summed E-state index contributed by atoms with van der Waals surface area (Å²) >= 11 is 0. The summed E-state index contributed by atoms with van der Waals surface area (Å²) in [7, 11) is -3.82. The van der Waals surface area contributed by atoms with Crippen LogP contribution in [0.15, 0.2) is 60.9 Å². The Balaban J connectivity index is 1.37. The standard InChI is InChI=1S/C29H33FN4O5S/c1-5-39-24-16-22(18-31-19-24)25-11-8-21(17-26(25)30)28(36)34-14-12-33(13-15-34)23-9-6-20(7-10-23)27(35)32-40(37,38)29(2,3)4/h6-11,16-19H,5,12-15H2,1-4H3,(H,32,35). The van der Waals surface area contributed by atoms with Crippen molar-refractivity contribution in [1.29, 1.82) is 0 Å². The van der Waals surface area contributed by atoms with E-state index in [0.29, 0.717) is 49.7 Å². The molecule has 0 unspecified atom stereocenters. The average Bonchev–Trinajstić information content (AvgIpc) is 2.92. The van der Waals surface area contributed by atoms with Crippen LogP contribution in [0.25, 0.3) is 11.1 Å². The minimum absolute atomic E-state index is 0.233. The van der Waals surface area contributed by atoms with E-state index in [4.69, 9.17) is 4.74 Å². The van der Waals surface area contributed by atoms with Gasteiger partial charge in [0.2, 0.25) is 10.0 Å². The van der Waals surface area contributed by atoms with Crippen molar-refractivity contribution < 1.29 is 27.1 Å². The number of ether oxygens (including phenoxy) is 1. The number of benzene rings is 2. The van der Waals surface area contributed by atoms with Crippen molar-refractivity contribution in [2.75, 3.05) is 37.7 Å². The minimum Gasteiger partial charge on any atom is -0.492 e. The normalized spacial score (nSPS) is 14.1. The van der Waals surface area contributed by atoms with Crippen LogP contribution in [0.1, 0.15) is 48.4 Å². The third-order valence-corrected chi connectivity index (χ3v) is 8.71. The van der Waals surface area contributed by atoms with Gasteiger partial charge in [-0.2, -0.15) is 0 Å². The summed E-state index contributed by atoms with van der Waals surface area (Å²) in [6.45, 7) is 8.85. The third-order valence-electron chi connectivity index (χ3n) is 6.65. The van der Waals surface area contributed by atoms with Crippen LogP contribution >= 0.6 is 0 Å². The molecule has 4 rings (SSSR count). The van der Waals surface area contributed by atoms with E-state index in [1.54, 1.807) is 59.8 Å². The first-order valence-corrected chi connectivity index (χ1v) is 14.5. The fourth-order valence-electron chi connectivity index (χ4n) is 4.20. The van der Waals surface area contributed by atoms with Crippen LogP contribution in [0.4, 0.5) is 10.1 Å². The number of carbonyl (C=O) groups is 2. The van der Waals surface area contributed by atoms with E-state index in [1.165, 1.54) is 26.8 Å². The molecule has 0 aliphatic carbocycles. The van der Waals surface area contributed by atoms with E-state index in [2.05, 4.69) is 14.6 Å². The topological polar surface area (TPSA) is 109 Å². The van der Waals surface area contributed by atoms with Crippen molar-refractivity contribution >= 4 is 27.5 Å². The van der Waals surface area contributed by atoms with E-state index in [0.717, 1.165) is 5.69 Å². The second-order valence-corrected chi connectivity index (χ2v) is 12.8. The number of hydrogen-bond acceptors (Lipinski definition) is 7. The zero-order chi connectivity index (χ0) is 29.1. The van der Waals surface area contributed by atoms with Gasteiger partial charge in [-0.3, -0.25) is 14.6 Å². The van der Waals surface area contributed by atoms with E-state index < -0.39 is 26.5 Å². The van der Waals surface area contributed by atoms with Crippen molar-refractivity contribution in [1.82, 2.24) is 14.6 Å². The summed E-state index contributed by atoms with van der Waals surface area (Å²) in [5.41, 5.74) is 2.25. The number of rotatable bonds is 7. The molecule has 2 heterocycles. The lowest BCUT2D eigenvalue weighted by atomic mass is 10.0. The molecule has 11 heteroatoms. The number of amides is 2. The lowest BCUT2D eigenvalue weighted by Crippen LogP contribution is -2.48. The summed E-state index contributed by atoms with van der Waals surface area (Å²) in [6, 6.07) is 12.8. The van der Waals surface area contributed by atoms with Gasteiger partial charge >= 0.3 is 0 Å². The summed E-state index contributed by atoms with van der Waals surface area (Å²) in [4.78, 5) is 33.4. The molecule has 1 aromatic heterocycles. The second kappa shape index (κ2) is 11.6. The van der Waals surface area contributed by atoms with Crippen LogP contribution < -0.4 is 14.4 Å². The van der Waals surface area contributed by atoms with Crippen molar-refractivity contribution in [2.24, 2.45) is 0 Å². The average molecular weight is 569 g/mol. The van der Waals surface area contributed by atoms with Crippen LogP contribution in [0, 0.1) is 5.82 Å². The van der Waals surface area contributed by atoms with E-state index >= 15 is 0 Å². The first kappa shape index (κ1) is 29.0. The Morgan fingerprint density at radius 2 is 1.62 bits per heavy atom. The molecule has 9 nitrogen and oxygen atoms in total. The highest BCUT2D eigenvalue weighted by atomic mass is 32.2. The zero-order valence-corrected chi connectivity index (χ0v) is 23.8. The van der Waals surface area contributed by atoms with E-state index in [1.807, 2.05) is 6.92 Å². The van der Waals surface area contributed by atoms with Gasteiger partial charge in [0.15, 0.2) is 0 Å². The molecular formula is C29H33FN4O5S. The highest BCUT2D eigenvalue weighted by molar-refractivity contribution is 7.91. The Hall–Kier alpha value is -3.99. The van der Waals surface area contributed by atoms with Gasteiger partial charge in [-0.05, 0) is 70.2 Å². The Labute approximate surface area is 234 Å². The summed E-state index contributed by atoms with van der Waals surface area (Å²) < 4.78 is 46.0. The number of pyridine rings is 1. The van der Waals surface area contributed by atoms with E-state index in [9.17, 15) is 22.4 Å². The van der Waals surface area contributed by atoms with Crippen LogP contribution in [0.3, 0.4) is 0 Å². The molecule has 212 valence electrons. The van der Waals surface area contributed by atoms with E-state index in [-0.39, 0.29) is 17.0 Å². The Kier molecular flexibility index (Phi) is 8.43. The zero-order valence-electron chi connectivity index (χ0n) is 23.0. The predicted molar refractivity (Wildman–Crippen MR) is 151 cm³/mol. The summed E-state index contributed by atoms with van der Waals surface area (Å²) in [5.74, 6) is -0.907. The maximum Gasteiger partial charge on any atom is 0.264 e. The number of halogens is 1. The monoisotopic (exact) mass is 568 g/mol. The maximum absolute atomic E-state index is 15.0. The highest BCUT2D eigenvalue weighted by Crippen LogP contribution is 2.27. The SMILES string of the molecule is CCOc1cncc(-c2ccc(C(=O)N3CCN(c4ccc(C(=O)NS(=O)(=O)C(C)(C)C)cc4)CC3)cc2F)c1. The summed E-state index contributed by atoms with van der Waals surface area (Å²) in [6.07, 6.45) is 3.11. The fraction of sp³-hybridized carbons (Fsp3) is 0.345. The molecule has 1 N–H and O–H groups in total. The van der Waals surface area contributed by atoms with Crippen molar-refractivity contribution in [3.8, 4) is 16.9 Å². The van der Waals surface area contributed by atoms with Gasteiger partial charge in [0.05, 0.1) is 17.6 Å². The number of nitrogens with one attached hydrogen (secondary N) is 1. The van der Waals surface area contributed by atoms with Crippen molar-refractivity contribution in [2.45, 2.75) is 32.4 Å². The second-order valence-electron chi connectivity index (χ2n) is 10.4. The molecular weight excluding hydrogens is 535 g/mol. The first-order valence-electron chi connectivity index (χ1n) is 13.0. The highest BCUT2D eigenvalue weighted by Gasteiger charge is 2.31. The molecule has 0 saturated carbocycles. The largest absolute Gasteiger partial charge is 0.492 e. The first-order chi connectivity index (χ1) is 18.9. The van der Waals surface area contributed by atoms with Crippen LogP contribution in [0.5, 0.6) is 5.75 Å². The number of piperazine rings is 1. The Morgan fingerprint density at radius 3 is 2.23 bits per heavy atom. The van der Waals surface area contributed by atoms with Crippen LogP contribution in [0.2, 0.25) is 0 Å². The van der Waals surface area contributed by atoms with Gasteiger partial charge in [-0.1, -0.05) is 6.07 Å². The third kappa shape index (κ3) is 6.41. The molecule has 0 spiro atoms. The fourth-order valence-corrected chi connectivity index (χ4v) is 4.87. The minimum atomic E-state index is -3.82. The quantitative estimate of drug-likeness (QED) is 0.457. The van der Waals surface area contributed by atoms with Crippen LogP contribution in [-0.4, -0.2) is 67.6 Å². The Bertz CT molecular complexity index is 1500. The smallest absolute Gasteiger partial charge is 0.264 e. The molecule has 0 atom stereocenters. The summed E-state index contributed by atoms with van der Waals surface area (Å²) in [5, 5.41) is 0. The molecule has 1 fully saturated rings. The molecule has 1 aliphatic heterocycles. The molecule has 1 saturated heterocycles. The molecule has 3 aromatic rings. The molecule has 2 amide bonds. The lowest BCUT2D eigenvalue weighted by molar-refractivity contribution is 0.0746. The molecule has 2 aromatic carbocycles. The predicted octanol–water partition coefficient (Wildman–Crippen LogP) is 4.11. The molecule has 0 radical (unpaired) electrons. The number of sulfonamides is 1. The lowest BCUT2D eigenvalue weighted by Gasteiger charge is -2.36. The molecule has 40 heavy (non-hydrogen) atoms. The van der Waals surface area contributed by atoms with Gasteiger partial charge in [0, 0.05) is 60.3 Å². The number of carbonyl (C=O) groups excluding carboxylic acids is 2. The molecule has 0 bridgehead atoms. The maximum atomic E-state index is 15.0. The number of anilines is 1. The Morgan fingerprint density at radius 1 is 0.975 bits per heavy atom. The number of nitrogens with zero attached hydrogens (tertiary/aromatic N) is 3. The van der Waals surface area contributed by atoms with Crippen molar-refractivity contribution in [3.05, 3.63) is 77.9 Å². The number of aromatic nitrogens is 1. The van der Waals surface area contributed by atoms with Gasteiger partial charge in [-0.25, -0.2) is 17.5 Å². The van der Waals surface area contributed by atoms with Gasteiger partial charge in [-0.15, -0.1) is 0 Å². The van der Waals surface area contributed by atoms with Gasteiger partial charge in [0.1, 0.15) is 11.6 Å². The van der Waals surface area contributed by atoms with Crippen LogP contribution in [-0.2, 0) is 10.0 Å².